The molecule has 0 aliphatic carbocycles. The van der Waals surface area contributed by atoms with Gasteiger partial charge in [-0.05, 0) is 43.2 Å². The first-order chi connectivity index (χ1) is 12.6. The first-order valence-electron chi connectivity index (χ1n) is 8.46. The van der Waals surface area contributed by atoms with E-state index in [-0.39, 0.29) is 41.0 Å². The van der Waals surface area contributed by atoms with E-state index in [1.54, 1.807) is 31.2 Å². The van der Waals surface area contributed by atoms with Gasteiger partial charge in [-0.25, -0.2) is 16.8 Å². The molecular formula is C18H21ClN2O4S2. The van der Waals surface area contributed by atoms with Gasteiger partial charge in [0.25, 0.3) is 0 Å². The largest absolute Gasteiger partial charge is 0.244 e. The molecule has 2 aromatic carbocycles. The smallest absolute Gasteiger partial charge is 0.207 e. The highest BCUT2D eigenvalue weighted by Gasteiger charge is 2.35. The maximum atomic E-state index is 13.0. The third-order valence-electron chi connectivity index (χ3n) is 4.61. The zero-order chi connectivity index (χ0) is 19.8. The zero-order valence-electron chi connectivity index (χ0n) is 15.1. The van der Waals surface area contributed by atoms with Crippen molar-refractivity contribution in [1.29, 1.82) is 0 Å². The Morgan fingerprint density at radius 2 is 1.30 bits per heavy atom. The van der Waals surface area contributed by atoms with E-state index in [4.69, 9.17) is 11.6 Å². The van der Waals surface area contributed by atoms with E-state index in [2.05, 4.69) is 0 Å². The van der Waals surface area contributed by atoms with Crippen molar-refractivity contribution in [1.82, 2.24) is 8.61 Å². The van der Waals surface area contributed by atoms with Crippen LogP contribution in [-0.2, 0) is 20.0 Å². The predicted octanol–water partition coefficient (Wildman–Crippen LogP) is 2.65. The number of hydrogen-bond donors (Lipinski definition) is 0. The highest BCUT2D eigenvalue weighted by molar-refractivity contribution is 7.89. The Bertz CT molecular complexity index is 1060. The third-order valence-corrected chi connectivity index (χ3v) is 9.05. The number of halogens is 1. The van der Waals surface area contributed by atoms with Gasteiger partial charge in [-0.1, -0.05) is 35.9 Å². The quantitative estimate of drug-likeness (QED) is 0.750. The number of piperazine rings is 1. The minimum Gasteiger partial charge on any atom is -0.207 e. The van der Waals surface area contributed by atoms with Gasteiger partial charge in [0, 0.05) is 26.2 Å². The first kappa shape index (κ1) is 20.3. The molecule has 0 saturated carbocycles. The van der Waals surface area contributed by atoms with Crippen molar-refractivity contribution >= 4 is 31.6 Å². The number of rotatable bonds is 4. The Labute approximate surface area is 165 Å². The molecule has 1 fully saturated rings. The molecule has 146 valence electrons. The lowest BCUT2D eigenvalue weighted by Gasteiger charge is -2.33. The van der Waals surface area contributed by atoms with Crippen LogP contribution in [0.15, 0.2) is 52.3 Å². The molecule has 2 aromatic rings. The van der Waals surface area contributed by atoms with Crippen molar-refractivity contribution in [2.24, 2.45) is 0 Å². The number of benzene rings is 2. The van der Waals surface area contributed by atoms with Crippen LogP contribution in [0, 0.1) is 13.8 Å². The highest BCUT2D eigenvalue weighted by atomic mass is 35.5. The normalized spacial score (nSPS) is 17.1. The molecule has 3 rings (SSSR count). The van der Waals surface area contributed by atoms with Crippen LogP contribution in [0.2, 0.25) is 5.02 Å². The van der Waals surface area contributed by atoms with E-state index in [1.807, 2.05) is 13.0 Å². The SMILES string of the molecule is Cc1ccc(C)c(S(=O)(=O)N2CCN(S(=O)(=O)c3ccccc3Cl)CC2)c1. The minimum absolute atomic E-state index is 0.0394. The fourth-order valence-electron chi connectivity index (χ4n) is 3.07. The van der Waals surface area contributed by atoms with Gasteiger partial charge in [0.1, 0.15) is 4.90 Å². The fourth-order valence-corrected chi connectivity index (χ4v) is 6.72. The van der Waals surface area contributed by atoms with E-state index in [0.29, 0.717) is 5.56 Å². The summed E-state index contributed by atoms with van der Waals surface area (Å²) in [4.78, 5) is 0.308. The van der Waals surface area contributed by atoms with Crippen molar-refractivity contribution in [3.8, 4) is 0 Å². The molecular weight excluding hydrogens is 408 g/mol. The van der Waals surface area contributed by atoms with Crippen LogP contribution in [0.3, 0.4) is 0 Å². The maximum absolute atomic E-state index is 13.0. The summed E-state index contributed by atoms with van der Waals surface area (Å²) in [6.45, 7) is 3.95. The van der Waals surface area contributed by atoms with Crippen LogP contribution in [0.25, 0.3) is 0 Å². The molecule has 1 heterocycles. The molecule has 0 bridgehead atoms. The van der Waals surface area contributed by atoms with Crippen molar-refractivity contribution in [2.45, 2.75) is 23.6 Å². The summed E-state index contributed by atoms with van der Waals surface area (Å²) in [6, 6.07) is 11.5. The van der Waals surface area contributed by atoms with Gasteiger partial charge in [0.05, 0.1) is 9.92 Å². The van der Waals surface area contributed by atoms with Crippen molar-refractivity contribution in [3.63, 3.8) is 0 Å². The zero-order valence-corrected chi connectivity index (χ0v) is 17.5. The number of nitrogens with zero attached hydrogens (tertiary/aromatic N) is 2. The van der Waals surface area contributed by atoms with Crippen molar-refractivity contribution < 1.29 is 16.8 Å². The Hall–Kier alpha value is -1.45. The number of aryl methyl sites for hydroxylation is 2. The lowest BCUT2D eigenvalue weighted by Crippen LogP contribution is -2.50. The third kappa shape index (κ3) is 3.90. The van der Waals surface area contributed by atoms with Gasteiger partial charge in [-0.15, -0.1) is 0 Å². The molecule has 1 aliphatic heterocycles. The van der Waals surface area contributed by atoms with Gasteiger partial charge < -0.3 is 0 Å². The Balaban J connectivity index is 1.81. The molecule has 0 amide bonds. The summed E-state index contributed by atoms with van der Waals surface area (Å²) in [5, 5.41) is 0.155. The second kappa shape index (κ2) is 7.52. The molecule has 6 nitrogen and oxygen atoms in total. The topological polar surface area (TPSA) is 74.8 Å². The highest BCUT2D eigenvalue weighted by Crippen LogP contribution is 2.27. The summed E-state index contributed by atoms with van der Waals surface area (Å²) in [6.07, 6.45) is 0. The molecule has 9 heteroatoms. The van der Waals surface area contributed by atoms with Crippen LogP contribution in [0.1, 0.15) is 11.1 Å². The van der Waals surface area contributed by atoms with E-state index in [1.165, 1.54) is 20.7 Å². The van der Waals surface area contributed by atoms with E-state index in [0.717, 1.165) is 5.56 Å². The molecule has 0 atom stereocenters. The van der Waals surface area contributed by atoms with Crippen molar-refractivity contribution in [2.75, 3.05) is 26.2 Å². The summed E-state index contributed by atoms with van der Waals surface area (Å²) in [5.41, 5.74) is 1.53. The minimum atomic E-state index is -3.76. The summed E-state index contributed by atoms with van der Waals surface area (Å²) in [5.74, 6) is 0. The Morgan fingerprint density at radius 1 is 0.778 bits per heavy atom. The average molecular weight is 429 g/mol. The number of sulfonamides is 2. The van der Waals surface area contributed by atoms with Gasteiger partial charge in [0.15, 0.2) is 0 Å². The number of hydrogen-bond acceptors (Lipinski definition) is 4. The fraction of sp³-hybridized carbons (Fsp3) is 0.333. The Morgan fingerprint density at radius 3 is 1.85 bits per heavy atom. The second-order valence-electron chi connectivity index (χ2n) is 6.51. The molecule has 27 heavy (non-hydrogen) atoms. The summed E-state index contributed by atoms with van der Waals surface area (Å²) >= 11 is 6.03. The average Bonchev–Trinajstić information content (AvgIpc) is 2.64. The van der Waals surface area contributed by atoms with Crippen LogP contribution in [-0.4, -0.2) is 51.6 Å². The molecule has 1 aliphatic rings. The maximum Gasteiger partial charge on any atom is 0.244 e. The van der Waals surface area contributed by atoms with Gasteiger partial charge in [-0.2, -0.15) is 8.61 Å². The van der Waals surface area contributed by atoms with Crippen LogP contribution < -0.4 is 0 Å². The van der Waals surface area contributed by atoms with E-state index >= 15 is 0 Å². The van der Waals surface area contributed by atoms with Crippen LogP contribution >= 0.6 is 11.6 Å². The summed E-state index contributed by atoms with van der Waals surface area (Å²) in [7, 11) is -7.43. The predicted molar refractivity (Wildman–Crippen MR) is 105 cm³/mol. The lowest BCUT2D eigenvalue weighted by molar-refractivity contribution is 0.272. The van der Waals surface area contributed by atoms with Gasteiger partial charge in [-0.3, -0.25) is 0 Å². The first-order valence-corrected chi connectivity index (χ1v) is 11.7. The lowest BCUT2D eigenvalue weighted by atomic mass is 10.2. The molecule has 0 unspecified atom stereocenters. The molecule has 0 spiro atoms. The van der Waals surface area contributed by atoms with Crippen LogP contribution in [0.4, 0.5) is 0 Å². The monoisotopic (exact) mass is 428 g/mol. The molecule has 0 aromatic heterocycles. The van der Waals surface area contributed by atoms with Crippen LogP contribution in [0.5, 0.6) is 0 Å². The second-order valence-corrected chi connectivity index (χ2v) is 10.7. The summed E-state index contributed by atoms with van der Waals surface area (Å²) < 4.78 is 54.2. The van der Waals surface area contributed by atoms with Crippen molar-refractivity contribution in [3.05, 3.63) is 58.6 Å². The molecule has 0 N–H and O–H groups in total. The standard InChI is InChI=1S/C18H21ClN2O4S2/c1-14-7-8-15(2)18(13-14)27(24,25)21-11-9-20(10-12-21)26(22,23)17-6-4-3-5-16(17)19/h3-8,13H,9-12H2,1-2H3. The van der Waals surface area contributed by atoms with E-state index in [9.17, 15) is 16.8 Å². The van der Waals surface area contributed by atoms with Gasteiger partial charge >= 0.3 is 0 Å². The molecule has 1 saturated heterocycles. The Kier molecular flexibility index (Phi) is 5.65. The van der Waals surface area contributed by atoms with Gasteiger partial charge in [0.2, 0.25) is 20.0 Å². The molecule has 0 radical (unpaired) electrons. The van der Waals surface area contributed by atoms with E-state index < -0.39 is 20.0 Å².